The number of aromatic nitrogens is 2. The molecule has 0 aliphatic carbocycles. The number of nitrogens with zero attached hydrogens (tertiary/aromatic N) is 2. The molecule has 1 aliphatic heterocycles. The minimum absolute atomic E-state index is 0.0356. The van der Waals surface area contributed by atoms with Gasteiger partial charge in [0, 0.05) is 37.7 Å². The van der Waals surface area contributed by atoms with E-state index in [1.54, 1.807) is 17.9 Å². The summed E-state index contributed by atoms with van der Waals surface area (Å²) in [6, 6.07) is 7.38. The van der Waals surface area contributed by atoms with Crippen LogP contribution in [0.4, 0.5) is 0 Å². The number of likely N-dealkylation sites (tertiary alicyclic amines) is 1. The topological polar surface area (TPSA) is 75.3 Å². The molecule has 1 saturated heterocycles. The lowest BCUT2D eigenvalue weighted by Crippen LogP contribution is -2.43. The number of H-pyrrole nitrogens is 1. The number of nitrogens with one attached hydrogen (secondary N) is 1. The van der Waals surface area contributed by atoms with Gasteiger partial charge in [-0.2, -0.15) is 0 Å². The van der Waals surface area contributed by atoms with E-state index in [1.807, 2.05) is 18.2 Å². The van der Waals surface area contributed by atoms with Gasteiger partial charge < -0.3 is 14.6 Å². The third-order valence-corrected chi connectivity index (χ3v) is 4.58. The summed E-state index contributed by atoms with van der Waals surface area (Å²) in [5, 5.41) is 0.590. The summed E-state index contributed by atoms with van der Waals surface area (Å²) >= 11 is 6.11. The Balaban J connectivity index is 1.54. The van der Waals surface area contributed by atoms with Gasteiger partial charge in [-0.1, -0.05) is 23.7 Å². The molecule has 1 aromatic carbocycles. The number of carbonyl (C=O) groups excluding carboxylic acids is 1. The van der Waals surface area contributed by atoms with Crippen molar-refractivity contribution in [3.8, 4) is 5.75 Å². The zero-order valence-electron chi connectivity index (χ0n) is 14.0. The first kappa shape index (κ1) is 17.5. The van der Waals surface area contributed by atoms with Crippen LogP contribution in [0.2, 0.25) is 5.02 Å². The summed E-state index contributed by atoms with van der Waals surface area (Å²) in [5.41, 5.74) is 0.142. The highest BCUT2D eigenvalue weighted by molar-refractivity contribution is 6.32. The SMILES string of the molecule is Cc1ncc(CC(=O)N2CCC(Oc3ccccc3Cl)CC2)c(=O)[nH]1. The van der Waals surface area contributed by atoms with Gasteiger partial charge in [0.2, 0.25) is 5.91 Å². The molecule has 25 heavy (non-hydrogen) atoms. The molecule has 1 aromatic heterocycles. The third-order valence-electron chi connectivity index (χ3n) is 4.27. The smallest absolute Gasteiger partial charge is 0.254 e. The zero-order chi connectivity index (χ0) is 17.8. The monoisotopic (exact) mass is 361 g/mol. The normalized spacial score (nSPS) is 15.2. The minimum atomic E-state index is -0.252. The molecule has 2 heterocycles. The molecular weight excluding hydrogens is 342 g/mol. The maximum absolute atomic E-state index is 12.4. The number of halogens is 1. The minimum Gasteiger partial charge on any atom is -0.489 e. The lowest BCUT2D eigenvalue weighted by Gasteiger charge is -2.32. The number of aryl methyl sites for hydroxylation is 1. The lowest BCUT2D eigenvalue weighted by atomic mass is 10.1. The predicted octanol–water partition coefficient (Wildman–Crippen LogP) is 2.34. The van der Waals surface area contributed by atoms with E-state index in [0.717, 1.165) is 12.8 Å². The Labute approximate surface area is 150 Å². The number of rotatable bonds is 4. The summed E-state index contributed by atoms with van der Waals surface area (Å²) in [5.74, 6) is 1.15. The molecular formula is C18H20ClN3O3. The first-order chi connectivity index (χ1) is 12.0. The van der Waals surface area contributed by atoms with Gasteiger partial charge in [0.15, 0.2) is 0 Å². The highest BCUT2D eigenvalue weighted by Crippen LogP contribution is 2.26. The Kier molecular flexibility index (Phi) is 5.38. The molecule has 0 radical (unpaired) electrons. The quantitative estimate of drug-likeness (QED) is 0.907. The van der Waals surface area contributed by atoms with E-state index in [0.29, 0.717) is 35.2 Å². The van der Waals surface area contributed by atoms with E-state index in [1.165, 1.54) is 6.20 Å². The van der Waals surface area contributed by atoms with Crippen LogP contribution >= 0.6 is 11.6 Å². The van der Waals surface area contributed by atoms with Gasteiger partial charge >= 0.3 is 0 Å². The number of carbonyl (C=O) groups is 1. The van der Waals surface area contributed by atoms with Gasteiger partial charge in [-0.25, -0.2) is 4.98 Å². The Bertz CT molecular complexity index is 813. The second-order valence-electron chi connectivity index (χ2n) is 6.13. The highest BCUT2D eigenvalue weighted by Gasteiger charge is 2.25. The van der Waals surface area contributed by atoms with E-state index >= 15 is 0 Å². The fourth-order valence-corrected chi connectivity index (χ4v) is 3.03. The number of hydrogen-bond donors (Lipinski definition) is 1. The Hall–Kier alpha value is -2.34. The van der Waals surface area contributed by atoms with Crippen molar-refractivity contribution in [3.05, 3.63) is 57.2 Å². The van der Waals surface area contributed by atoms with Gasteiger partial charge in [0.05, 0.1) is 11.4 Å². The van der Waals surface area contributed by atoms with Crippen molar-refractivity contribution in [1.29, 1.82) is 0 Å². The molecule has 2 aromatic rings. The summed E-state index contributed by atoms with van der Waals surface area (Å²) in [6.07, 6.45) is 3.05. The van der Waals surface area contributed by atoms with Crippen LogP contribution in [0.25, 0.3) is 0 Å². The van der Waals surface area contributed by atoms with Crippen LogP contribution in [0, 0.1) is 6.92 Å². The molecule has 0 spiro atoms. The lowest BCUT2D eigenvalue weighted by molar-refractivity contribution is -0.132. The van der Waals surface area contributed by atoms with Crippen LogP contribution < -0.4 is 10.3 Å². The van der Waals surface area contributed by atoms with Gasteiger partial charge in [-0.15, -0.1) is 0 Å². The molecule has 1 fully saturated rings. The predicted molar refractivity (Wildman–Crippen MR) is 95.0 cm³/mol. The maximum Gasteiger partial charge on any atom is 0.254 e. The van der Waals surface area contributed by atoms with Crippen molar-refractivity contribution in [1.82, 2.24) is 14.9 Å². The fraction of sp³-hybridized carbons (Fsp3) is 0.389. The molecule has 3 rings (SSSR count). The first-order valence-corrected chi connectivity index (χ1v) is 8.64. The number of hydrogen-bond acceptors (Lipinski definition) is 4. The number of amides is 1. The van der Waals surface area contributed by atoms with Crippen molar-refractivity contribution in [2.45, 2.75) is 32.3 Å². The fourth-order valence-electron chi connectivity index (χ4n) is 2.85. The number of benzene rings is 1. The molecule has 0 saturated carbocycles. The second kappa shape index (κ2) is 7.70. The van der Waals surface area contributed by atoms with E-state index in [-0.39, 0.29) is 24.0 Å². The van der Waals surface area contributed by atoms with E-state index in [2.05, 4.69) is 9.97 Å². The van der Waals surface area contributed by atoms with Crippen LogP contribution in [0.1, 0.15) is 24.2 Å². The Morgan fingerprint density at radius 2 is 2.08 bits per heavy atom. The van der Waals surface area contributed by atoms with Crippen molar-refractivity contribution in [2.24, 2.45) is 0 Å². The summed E-state index contributed by atoms with van der Waals surface area (Å²) < 4.78 is 5.93. The Morgan fingerprint density at radius 1 is 1.36 bits per heavy atom. The highest BCUT2D eigenvalue weighted by atomic mass is 35.5. The van der Waals surface area contributed by atoms with Crippen LogP contribution in [0.5, 0.6) is 5.75 Å². The Morgan fingerprint density at radius 3 is 2.76 bits per heavy atom. The molecule has 132 valence electrons. The van der Waals surface area contributed by atoms with E-state index in [4.69, 9.17) is 16.3 Å². The largest absolute Gasteiger partial charge is 0.489 e. The third kappa shape index (κ3) is 4.39. The zero-order valence-corrected chi connectivity index (χ0v) is 14.8. The van der Waals surface area contributed by atoms with Crippen LogP contribution in [0.15, 0.2) is 35.3 Å². The molecule has 0 atom stereocenters. The van der Waals surface area contributed by atoms with Crippen LogP contribution in [-0.2, 0) is 11.2 Å². The van der Waals surface area contributed by atoms with Crippen molar-refractivity contribution in [3.63, 3.8) is 0 Å². The number of para-hydroxylation sites is 1. The van der Waals surface area contributed by atoms with Crippen molar-refractivity contribution < 1.29 is 9.53 Å². The van der Waals surface area contributed by atoms with Crippen LogP contribution in [0.3, 0.4) is 0 Å². The molecule has 1 aliphatic rings. The van der Waals surface area contributed by atoms with Gasteiger partial charge in [-0.3, -0.25) is 9.59 Å². The molecule has 7 heteroatoms. The number of piperidine rings is 1. The van der Waals surface area contributed by atoms with Gasteiger partial charge in [0.1, 0.15) is 17.7 Å². The summed E-state index contributed by atoms with van der Waals surface area (Å²) in [6.45, 7) is 2.91. The summed E-state index contributed by atoms with van der Waals surface area (Å²) in [4.78, 5) is 32.7. The number of ether oxygens (including phenoxy) is 1. The van der Waals surface area contributed by atoms with E-state index in [9.17, 15) is 9.59 Å². The summed E-state index contributed by atoms with van der Waals surface area (Å²) in [7, 11) is 0. The molecule has 1 N–H and O–H groups in total. The molecule has 0 unspecified atom stereocenters. The maximum atomic E-state index is 12.4. The molecule has 1 amide bonds. The average molecular weight is 362 g/mol. The molecule has 6 nitrogen and oxygen atoms in total. The van der Waals surface area contributed by atoms with E-state index < -0.39 is 0 Å². The van der Waals surface area contributed by atoms with Gasteiger partial charge in [0.25, 0.3) is 5.56 Å². The van der Waals surface area contributed by atoms with Gasteiger partial charge in [-0.05, 0) is 19.1 Å². The van der Waals surface area contributed by atoms with Crippen molar-refractivity contribution >= 4 is 17.5 Å². The first-order valence-electron chi connectivity index (χ1n) is 8.26. The second-order valence-corrected chi connectivity index (χ2v) is 6.54. The number of aromatic amines is 1. The average Bonchev–Trinajstić information content (AvgIpc) is 2.60. The van der Waals surface area contributed by atoms with Crippen molar-refractivity contribution in [2.75, 3.05) is 13.1 Å². The van der Waals surface area contributed by atoms with Crippen LogP contribution in [-0.4, -0.2) is 40.0 Å². The molecule has 0 bridgehead atoms. The standard InChI is InChI=1S/C18H20ClN3O3/c1-12-20-11-13(18(24)21-12)10-17(23)22-8-6-14(7-9-22)25-16-5-3-2-4-15(16)19/h2-5,11,14H,6-10H2,1H3,(H,20,21,24).